The maximum atomic E-state index is 12.8. The smallest absolute Gasteiger partial charge is 0.229 e. The molecule has 0 spiro atoms. The summed E-state index contributed by atoms with van der Waals surface area (Å²) in [5.41, 5.74) is 3.20. The van der Waals surface area contributed by atoms with E-state index >= 15 is 0 Å². The molecule has 2 aromatic heterocycles. The van der Waals surface area contributed by atoms with Crippen molar-refractivity contribution in [2.45, 2.75) is 38.5 Å². The number of nitrogens with zero attached hydrogens (tertiary/aromatic N) is 4. The molecule has 1 fully saturated rings. The number of aryl methyl sites for hydroxylation is 2. The van der Waals surface area contributed by atoms with E-state index in [9.17, 15) is 4.79 Å². The Morgan fingerprint density at radius 1 is 1.07 bits per heavy atom. The molecule has 2 aliphatic rings. The lowest BCUT2D eigenvalue weighted by molar-refractivity contribution is -0.120. The molecule has 6 nitrogen and oxygen atoms in total. The lowest BCUT2D eigenvalue weighted by Crippen LogP contribution is -2.38. The normalized spacial score (nSPS) is 16.9. The Bertz CT molecular complexity index is 1000. The number of thiazole rings is 1. The number of anilines is 2. The van der Waals surface area contributed by atoms with Crippen molar-refractivity contribution in [3.63, 3.8) is 0 Å². The summed E-state index contributed by atoms with van der Waals surface area (Å²) in [6.07, 6.45) is 7.85. The Morgan fingerprint density at radius 3 is 2.67 bits per heavy atom. The Morgan fingerprint density at radius 2 is 1.87 bits per heavy atom. The summed E-state index contributed by atoms with van der Waals surface area (Å²) in [6, 6.07) is 12.2. The van der Waals surface area contributed by atoms with Gasteiger partial charge in [0.15, 0.2) is 5.13 Å². The fourth-order valence-corrected chi connectivity index (χ4v) is 5.32. The molecule has 1 amide bonds. The molecule has 1 aliphatic heterocycles. The average molecular weight is 420 g/mol. The molecular weight excluding hydrogens is 394 g/mol. The van der Waals surface area contributed by atoms with Crippen molar-refractivity contribution < 1.29 is 4.79 Å². The number of amides is 1. The van der Waals surface area contributed by atoms with Gasteiger partial charge in [-0.05, 0) is 38.5 Å². The Balaban J connectivity index is 1.20. The van der Waals surface area contributed by atoms with Gasteiger partial charge in [0.1, 0.15) is 12.1 Å². The van der Waals surface area contributed by atoms with E-state index in [4.69, 9.17) is 0 Å². The van der Waals surface area contributed by atoms with Crippen LogP contribution in [0.15, 0.2) is 42.7 Å². The minimum absolute atomic E-state index is 0.0256. The number of fused-ring (bicyclic) bond motifs is 1. The summed E-state index contributed by atoms with van der Waals surface area (Å²) in [5, 5.41) is 3.85. The highest BCUT2D eigenvalue weighted by molar-refractivity contribution is 7.15. The van der Waals surface area contributed by atoms with Crippen molar-refractivity contribution in [1.29, 1.82) is 0 Å². The van der Waals surface area contributed by atoms with Crippen LogP contribution in [0.5, 0.6) is 0 Å². The zero-order valence-electron chi connectivity index (χ0n) is 16.9. The third-order valence-corrected chi connectivity index (χ3v) is 7.06. The number of hydrogen-bond acceptors (Lipinski definition) is 6. The number of carbonyl (C=O) groups is 1. The van der Waals surface area contributed by atoms with Crippen LogP contribution in [0.3, 0.4) is 0 Å². The zero-order chi connectivity index (χ0) is 20.3. The van der Waals surface area contributed by atoms with E-state index in [1.165, 1.54) is 23.4 Å². The van der Waals surface area contributed by atoms with Crippen molar-refractivity contribution in [3.8, 4) is 11.3 Å². The predicted molar refractivity (Wildman–Crippen MR) is 120 cm³/mol. The number of aromatic nitrogens is 3. The monoisotopic (exact) mass is 419 g/mol. The lowest BCUT2D eigenvalue weighted by Gasteiger charge is -2.32. The van der Waals surface area contributed by atoms with Gasteiger partial charge in [-0.25, -0.2) is 15.0 Å². The molecule has 1 N–H and O–H groups in total. The number of nitrogens with one attached hydrogen (secondary N) is 1. The topological polar surface area (TPSA) is 71.0 Å². The highest BCUT2D eigenvalue weighted by atomic mass is 32.1. The lowest BCUT2D eigenvalue weighted by atomic mass is 9.96. The first kappa shape index (κ1) is 19.2. The third-order valence-electron chi connectivity index (χ3n) is 5.99. The van der Waals surface area contributed by atoms with Gasteiger partial charge in [0.2, 0.25) is 5.91 Å². The molecule has 1 aromatic carbocycles. The second-order valence-electron chi connectivity index (χ2n) is 7.97. The highest BCUT2D eigenvalue weighted by Crippen LogP contribution is 2.31. The van der Waals surface area contributed by atoms with Gasteiger partial charge in [0, 0.05) is 35.5 Å². The third kappa shape index (κ3) is 4.07. The van der Waals surface area contributed by atoms with Crippen LogP contribution in [0.4, 0.5) is 10.9 Å². The number of rotatable bonds is 4. The second kappa shape index (κ2) is 8.52. The summed E-state index contributed by atoms with van der Waals surface area (Å²) in [6.45, 7) is 1.63. The van der Waals surface area contributed by atoms with Gasteiger partial charge in [0.25, 0.3) is 0 Å². The van der Waals surface area contributed by atoms with Crippen molar-refractivity contribution in [1.82, 2.24) is 15.0 Å². The van der Waals surface area contributed by atoms with Crippen LogP contribution in [-0.2, 0) is 17.6 Å². The van der Waals surface area contributed by atoms with E-state index < -0.39 is 0 Å². The van der Waals surface area contributed by atoms with E-state index in [1.807, 2.05) is 24.3 Å². The molecule has 0 saturated carbocycles. The van der Waals surface area contributed by atoms with Crippen molar-refractivity contribution in [2.75, 3.05) is 23.3 Å². The minimum atomic E-state index is 0.0256. The minimum Gasteiger partial charge on any atom is -0.356 e. The average Bonchev–Trinajstić information content (AvgIpc) is 3.22. The maximum Gasteiger partial charge on any atom is 0.229 e. The van der Waals surface area contributed by atoms with Gasteiger partial charge in [-0.2, -0.15) is 0 Å². The Kier molecular flexibility index (Phi) is 5.45. The van der Waals surface area contributed by atoms with Gasteiger partial charge < -0.3 is 10.2 Å². The van der Waals surface area contributed by atoms with Crippen LogP contribution in [0.25, 0.3) is 11.3 Å². The molecule has 0 unspecified atom stereocenters. The van der Waals surface area contributed by atoms with Crippen molar-refractivity contribution >= 4 is 28.2 Å². The first-order chi connectivity index (χ1) is 14.8. The molecule has 0 atom stereocenters. The first-order valence-corrected chi connectivity index (χ1v) is 11.5. The quantitative estimate of drug-likeness (QED) is 0.681. The summed E-state index contributed by atoms with van der Waals surface area (Å²) in [5.74, 6) is 1.06. The largest absolute Gasteiger partial charge is 0.356 e. The first-order valence-electron chi connectivity index (χ1n) is 10.7. The summed E-state index contributed by atoms with van der Waals surface area (Å²) >= 11 is 1.65. The van der Waals surface area contributed by atoms with Crippen LogP contribution in [-0.4, -0.2) is 33.9 Å². The fraction of sp³-hybridized carbons (Fsp3) is 0.391. The fourth-order valence-electron chi connectivity index (χ4n) is 4.27. The summed E-state index contributed by atoms with van der Waals surface area (Å²) in [7, 11) is 0. The predicted octanol–water partition coefficient (Wildman–Crippen LogP) is 4.33. The summed E-state index contributed by atoms with van der Waals surface area (Å²) in [4.78, 5) is 29.9. The number of benzene rings is 1. The summed E-state index contributed by atoms with van der Waals surface area (Å²) < 4.78 is 0. The van der Waals surface area contributed by atoms with E-state index in [0.717, 1.165) is 61.0 Å². The molecule has 30 heavy (non-hydrogen) atoms. The van der Waals surface area contributed by atoms with Crippen LogP contribution in [0, 0.1) is 5.92 Å². The second-order valence-corrected chi connectivity index (χ2v) is 9.06. The van der Waals surface area contributed by atoms with Crippen LogP contribution in [0.2, 0.25) is 0 Å². The van der Waals surface area contributed by atoms with Crippen LogP contribution in [0.1, 0.15) is 36.3 Å². The van der Waals surface area contributed by atoms with Gasteiger partial charge in [-0.15, -0.1) is 11.3 Å². The van der Waals surface area contributed by atoms with E-state index in [0.29, 0.717) is 0 Å². The van der Waals surface area contributed by atoms with Crippen molar-refractivity contribution in [3.05, 3.63) is 53.3 Å². The van der Waals surface area contributed by atoms with E-state index in [-0.39, 0.29) is 11.8 Å². The van der Waals surface area contributed by atoms with Gasteiger partial charge in [-0.3, -0.25) is 4.79 Å². The SMILES string of the molecule is O=C(Nc1nc2c(s1)CCCC2)C1CCN(c2cc(-c3ccccc3)ncn2)CC1. The molecule has 0 bridgehead atoms. The van der Waals surface area contributed by atoms with E-state index in [1.54, 1.807) is 17.7 Å². The maximum absolute atomic E-state index is 12.8. The zero-order valence-corrected chi connectivity index (χ0v) is 17.7. The van der Waals surface area contributed by atoms with Crippen LogP contribution >= 0.6 is 11.3 Å². The molecule has 3 heterocycles. The molecule has 1 saturated heterocycles. The van der Waals surface area contributed by atoms with Crippen molar-refractivity contribution in [2.24, 2.45) is 5.92 Å². The van der Waals surface area contributed by atoms with Gasteiger partial charge >= 0.3 is 0 Å². The highest BCUT2D eigenvalue weighted by Gasteiger charge is 2.27. The van der Waals surface area contributed by atoms with Gasteiger partial charge in [0.05, 0.1) is 11.4 Å². The van der Waals surface area contributed by atoms with E-state index in [2.05, 4.69) is 37.3 Å². The standard InChI is InChI=1S/C23H25N5OS/c29-22(27-23-26-18-8-4-5-9-20(18)30-23)17-10-12-28(13-11-17)21-14-19(24-15-25-21)16-6-2-1-3-7-16/h1-3,6-7,14-15,17H,4-5,8-13H2,(H,26,27,29). The van der Waals surface area contributed by atoms with Gasteiger partial charge in [-0.1, -0.05) is 30.3 Å². The molecule has 0 radical (unpaired) electrons. The number of hydrogen-bond donors (Lipinski definition) is 1. The molecule has 5 rings (SSSR count). The molecular formula is C23H25N5OS. The van der Waals surface area contributed by atoms with Crippen LogP contribution < -0.4 is 10.2 Å². The molecule has 154 valence electrons. The Labute approximate surface area is 180 Å². The molecule has 3 aromatic rings. The number of piperidine rings is 1. The molecule has 1 aliphatic carbocycles. The number of carbonyl (C=O) groups excluding carboxylic acids is 1. The Hall–Kier alpha value is -2.80. The molecule has 7 heteroatoms.